The molecule has 2 aromatic rings. The summed E-state index contributed by atoms with van der Waals surface area (Å²) in [5.74, 6) is -0.522. The van der Waals surface area contributed by atoms with Crippen LogP contribution >= 0.6 is 0 Å². The Morgan fingerprint density at radius 2 is 1.93 bits per heavy atom. The Bertz CT molecular complexity index is 881. The van der Waals surface area contributed by atoms with Crippen molar-refractivity contribution in [2.75, 3.05) is 43.5 Å². The van der Waals surface area contributed by atoms with E-state index >= 15 is 0 Å². The summed E-state index contributed by atoms with van der Waals surface area (Å²) in [6, 6.07) is 9.38. The number of piperazine rings is 1. The average Bonchev–Trinajstić information content (AvgIpc) is 2.73. The van der Waals surface area contributed by atoms with Crippen LogP contribution < -0.4 is 15.0 Å². The first-order valence-electron chi connectivity index (χ1n) is 8.58. The van der Waals surface area contributed by atoms with Gasteiger partial charge in [0.15, 0.2) is 0 Å². The van der Waals surface area contributed by atoms with E-state index in [1.807, 2.05) is 23.1 Å². The van der Waals surface area contributed by atoms with Crippen LogP contribution in [0, 0.1) is 10.1 Å². The SMILES string of the molecule is COc1ccc([N+](=O)[O-])cc1NC(=O)C(=O)N1CCN(c2ccccn2)CC1. The van der Waals surface area contributed by atoms with Crippen LogP contribution in [0.1, 0.15) is 0 Å². The summed E-state index contributed by atoms with van der Waals surface area (Å²) in [6.45, 7) is 1.84. The number of pyridine rings is 1. The predicted octanol–water partition coefficient (Wildman–Crippen LogP) is 1.29. The molecule has 0 atom stereocenters. The molecule has 3 rings (SSSR count). The third kappa shape index (κ3) is 4.17. The van der Waals surface area contributed by atoms with Gasteiger partial charge in [0.2, 0.25) is 0 Å². The van der Waals surface area contributed by atoms with E-state index in [-0.39, 0.29) is 17.1 Å². The van der Waals surface area contributed by atoms with Gasteiger partial charge in [-0.2, -0.15) is 0 Å². The number of nitro groups is 1. The number of hydrogen-bond acceptors (Lipinski definition) is 7. The normalized spacial score (nSPS) is 13.8. The van der Waals surface area contributed by atoms with Crippen molar-refractivity contribution in [2.45, 2.75) is 0 Å². The van der Waals surface area contributed by atoms with Crippen molar-refractivity contribution in [1.29, 1.82) is 0 Å². The smallest absolute Gasteiger partial charge is 0.314 e. The van der Waals surface area contributed by atoms with Crippen molar-refractivity contribution in [1.82, 2.24) is 9.88 Å². The molecule has 0 saturated carbocycles. The van der Waals surface area contributed by atoms with E-state index < -0.39 is 16.7 Å². The predicted molar refractivity (Wildman–Crippen MR) is 101 cm³/mol. The molecule has 1 fully saturated rings. The number of hydrogen-bond donors (Lipinski definition) is 1. The number of non-ortho nitro benzene ring substituents is 1. The van der Waals surface area contributed by atoms with Gasteiger partial charge in [-0.25, -0.2) is 4.98 Å². The maximum absolute atomic E-state index is 12.5. The number of nitrogens with zero attached hydrogens (tertiary/aromatic N) is 4. The third-order valence-corrected chi connectivity index (χ3v) is 4.38. The average molecular weight is 385 g/mol. The zero-order valence-corrected chi connectivity index (χ0v) is 15.2. The number of aromatic nitrogens is 1. The summed E-state index contributed by atoms with van der Waals surface area (Å²) >= 11 is 0. The van der Waals surface area contributed by atoms with Crippen LogP contribution in [0.5, 0.6) is 5.75 Å². The molecule has 1 aliphatic rings. The van der Waals surface area contributed by atoms with Crippen molar-refractivity contribution >= 4 is 29.0 Å². The topological polar surface area (TPSA) is 118 Å². The lowest BCUT2D eigenvalue weighted by Gasteiger charge is -2.35. The third-order valence-electron chi connectivity index (χ3n) is 4.38. The summed E-state index contributed by atoms with van der Waals surface area (Å²) in [5.41, 5.74) is -0.144. The lowest BCUT2D eigenvalue weighted by Crippen LogP contribution is -2.51. The molecule has 1 N–H and O–H groups in total. The van der Waals surface area contributed by atoms with Gasteiger partial charge >= 0.3 is 11.8 Å². The minimum Gasteiger partial charge on any atom is -0.495 e. The monoisotopic (exact) mass is 385 g/mol. The molecule has 1 aromatic carbocycles. The van der Waals surface area contributed by atoms with Crippen molar-refractivity contribution in [3.8, 4) is 5.75 Å². The Hall–Kier alpha value is -3.69. The first-order valence-corrected chi connectivity index (χ1v) is 8.58. The Balaban J connectivity index is 1.63. The van der Waals surface area contributed by atoms with E-state index in [1.165, 1.54) is 24.1 Å². The number of nitro benzene ring substituents is 1. The number of amides is 2. The van der Waals surface area contributed by atoms with E-state index in [4.69, 9.17) is 4.74 Å². The van der Waals surface area contributed by atoms with Crippen LogP contribution in [0.4, 0.5) is 17.2 Å². The molecule has 146 valence electrons. The van der Waals surface area contributed by atoms with Crippen LogP contribution in [0.3, 0.4) is 0 Å². The second-order valence-corrected chi connectivity index (χ2v) is 6.06. The fourth-order valence-corrected chi connectivity index (χ4v) is 2.91. The lowest BCUT2D eigenvalue weighted by atomic mass is 10.2. The van der Waals surface area contributed by atoms with Crippen LogP contribution in [0.15, 0.2) is 42.6 Å². The molecule has 0 spiro atoms. The molecule has 0 unspecified atom stereocenters. The highest BCUT2D eigenvalue weighted by molar-refractivity contribution is 6.39. The van der Waals surface area contributed by atoms with E-state index in [0.29, 0.717) is 26.2 Å². The fraction of sp³-hybridized carbons (Fsp3) is 0.278. The minimum absolute atomic E-state index is 0.0715. The lowest BCUT2D eigenvalue weighted by molar-refractivity contribution is -0.384. The van der Waals surface area contributed by atoms with Crippen molar-refractivity contribution < 1.29 is 19.2 Å². The highest BCUT2D eigenvalue weighted by atomic mass is 16.6. The number of nitrogens with one attached hydrogen (secondary N) is 1. The van der Waals surface area contributed by atoms with Crippen molar-refractivity contribution in [2.24, 2.45) is 0 Å². The van der Waals surface area contributed by atoms with Gasteiger partial charge in [0, 0.05) is 44.5 Å². The van der Waals surface area contributed by atoms with Gasteiger partial charge in [-0.1, -0.05) is 6.07 Å². The number of anilines is 2. The molecule has 0 aliphatic carbocycles. The highest BCUT2D eigenvalue weighted by Gasteiger charge is 2.27. The maximum Gasteiger partial charge on any atom is 0.314 e. The Labute approximate surface area is 160 Å². The van der Waals surface area contributed by atoms with Gasteiger partial charge in [0.05, 0.1) is 17.7 Å². The van der Waals surface area contributed by atoms with E-state index in [0.717, 1.165) is 11.9 Å². The molecule has 1 saturated heterocycles. The van der Waals surface area contributed by atoms with Gasteiger partial charge in [0.1, 0.15) is 11.6 Å². The van der Waals surface area contributed by atoms with E-state index in [1.54, 1.807) is 6.20 Å². The number of rotatable bonds is 4. The van der Waals surface area contributed by atoms with Gasteiger partial charge in [0.25, 0.3) is 5.69 Å². The van der Waals surface area contributed by atoms with Gasteiger partial charge in [-0.15, -0.1) is 0 Å². The minimum atomic E-state index is -0.870. The zero-order valence-electron chi connectivity index (χ0n) is 15.2. The molecule has 1 aromatic heterocycles. The molecular formula is C18H19N5O5. The molecule has 10 heteroatoms. The summed E-state index contributed by atoms with van der Waals surface area (Å²) in [5, 5.41) is 13.3. The second kappa shape index (κ2) is 8.33. The Morgan fingerprint density at radius 1 is 1.18 bits per heavy atom. The molecule has 2 amide bonds. The molecule has 2 heterocycles. The second-order valence-electron chi connectivity index (χ2n) is 6.06. The molecule has 28 heavy (non-hydrogen) atoms. The molecule has 10 nitrogen and oxygen atoms in total. The number of ether oxygens (including phenoxy) is 1. The largest absolute Gasteiger partial charge is 0.495 e. The molecule has 0 radical (unpaired) electrons. The molecule has 1 aliphatic heterocycles. The number of benzene rings is 1. The Morgan fingerprint density at radius 3 is 2.54 bits per heavy atom. The first kappa shape index (κ1) is 19.1. The number of carbonyl (C=O) groups is 2. The summed E-state index contributed by atoms with van der Waals surface area (Å²) in [6.07, 6.45) is 1.70. The Kier molecular flexibility index (Phi) is 5.68. The molecular weight excluding hydrogens is 366 g/mol. The van der Waals surface area contributed by atoms with E-state index in [9.17, 15) is 19.7 Å². The summed E-state index contributed by atoms with van der Waals surface area (Å²) < 4.78 is 5.09. The maximum atomic E-state index is 12.5. The van der Waals surface area contributed by atoms with Gasteiger partial charge < -0.3 is 19.9 Å². The highest BCUT2D eigenvalue weighted by Crippen LogP contribution is 2.28. The van der Waals surface area contributed by atoms with Gasteiger partial charge in [-0.3, -0.25) is 19.7 Å². The standard InChI is InChI=1S/C18H19N5O5/c1-28-15-6-5-13(23(26)27)12-14(15)20-17(24)18(25)22-10-8-21(9-11-22)16-4-2-3-7-19-16/h2-7,12H,8-11H2,1H3,(H,20,24). The van der Waals surface area contributed by atoms with Crippen LogP contribution in [-0.4, -0.2) is 59.9 Å². The van der Waals surface area contributed by atoms with Gasteiger partial charge in [-0.05, 0) is 18.2 Å². The van der Waals surface area contributed by atoms with Crippen molar-refractivity contribution in [3.05, 3.63) is 52.7 Å². The fourth-order valence-electron chi connectivity index (χ4n) is 2.91. The van der Waals surface area contributed by atoms with Crippen LogP contribution in [0.2, 0.25) is 0 Å². The van der Waals surface area contributed by atoms with Crippen LogP contribution in [0.25, 0.3) is 0 Å². The zero-order chi connectivity index (χ0) is 20.1. The first-order chi connectivity index (χ1) is 13.5. The van der Waals surface area contributed by atoms with Crippen LogP contribution in [-0.2, 0) is 9.59 Å². The number of carbonyl (C=O) groups excluding carboxylic acids is 2. The van der Waals surface area contributed by atoms with E-state index in [2.05, 4.69) is 10.3 Å². The van der Waals surface area contributed by atoms with Crippen molar-refractivity contribution in [3.63, 3.8) is 0 Å². The summed E-state index contributed by atoms with van der Waals surface area (Å²) in [4.78, 5) is 42.9. The molecule has 0 bridgehead atoms. The number of methoxy groups -OCH3 is 1. The quantitative estimate of drug-likeness (QED) is 0.478. The summed E-state index contributed by atoms with van der Waals surface area (Å²) in [7, 11) is 1.37.